The van der Waals surface area contributed by atoms with Crippen LogP contribution in [0.3, 0.4) is 0 Å². The highest BCUT2D eigenvalue weighted by molar-refractivity contribution is 5.79. The molecule has 5 rings (SSSR count). The topological polar surface area (TPSA) is 64.0 Å². The van der Waals surface area contributed by atoms with Crippen LogP contribution in [-0.2, 0) is 4.74 Å². The van der Waals surface area contributed by atoms with Crippen molar-refractivity contribution in [1.82, 2.24) is 19.9 Å². The summed E-state index contributed by atoms with van der Waals surface area (Å²) in [5, 5.41) is 1.13. The van der Waals surface area contributed by atoms with Crippen LogP contribution in [-0.4, -0.2) is 52.9 Å². The molecule has 0 unspecified atom stereocenters. The van der Waals surface area contributed by atoms with Gasteiger partial charge in [0.2, 0.25) is 5.95 Å². The van der Waals surface area contributed by atoms with Gasteiger partial charge in [-0.25, -0.2) is 9.97 Å². The number of aryl methyl sites for hydroxylation is 2. The van der Waals surface area contributed by atoms with Gasteiger partial charge >= 0.3 is 6.68 Å². The van der Waals surface area contributed by atoms with Gasteiger partial charge in [0.25, 0.3) is 0 Å². The third-order valence-corrected chi connectivity index (χ3v) is 5.32. The third-order valence-electron chi connectivity index (χ3n) is 5.32. The summed E-state index contributed by atoms with van der Waals surface area (Å²) in [5.74, 6) is 1.41. The number of hydrogen-bond acceptors (Lipinski definition) is 6. The second-order valence-corrected chi connectivity index (χ2v) is 7.68. The number of alkyl halides is 3. The van der Waals surface area contributed by atoms with Crippen molar-refractivity contribution in [1.29, 1.82) is 0 Å². The number of anilines is 1. The van der Waals surface area contributed by atoms with Crippen LogP contribution in [0.2, 0.25) is 0 Å². The summed E-state index contributed by atoms with van der Waals surface area (Å²) in [6, 6.07) is 10.0. The number of morpholine rings is 1. The Morgan fingerprint density at radius 1 is 0.938 bits per heavy atom. The Kier molecular flexibility index (Phi) is 8.72. The molecule has 0 spiro atoms. The first-order valence-electron chi connectivity index (χ1n) is 10.7. The maximum atomic E-state index is 9.67. The SMILES string of the molecule is Cc1ccc2c(C3CCC3)nc(N3CCOCC3)nc2n1.Cc1ccccn1.FC(F)F. The molecule has 0 radical (unpaired) electrons. The fraction of sp³-hybridized carbons (Fsp3) is 0.478. The fourth-order valence-electron chi connectivity index (χ4n) is 3.46. The zero-order chi connectivity index (χ0) is 22.9. The van der Waals surface area contributed by atoms with Gasteiger partial charge in [0.05, 0.1) is 18.9 Å². The number of aromatic nitrogens is 4. The molecule has 1 aliphatic carbocycles. The molecule has 1 saturated carbocycles. The Bertz CT molecular complexity index is 977. The molecule has 172 valence electrons. The van der Waals surface area contributed by atoms with E-state index in [1.165, 1.54) is 25.0 Å². The van der Waals surface area contributed by atoms with Crippen molar-refractivity contribution in [3.05, 3.63) is 53.6 Å². The van der Waals surface area contributed by atoms with Crippen molar-refractivity contribution in [3.63, 3.8) is 0 Å². The quantitative estimate of drug-likeness (QED) is 0.551. The summed E-state index contributed by atoms with van der Waals surface area (Å²) in [6.07, 6.45) is 5.57. The second-order valence-electron chi connectivity index (χ2n) is 7.68. The van der Waals surface area contributed by atoms with Gasteiger partial charge in [0.15, 0.2) is 5.65 Å². The van der Waals surface area contributed by atoms with E-state index in [0.29, 0.717) is 5.92 Å². The van der Waals surface area contributed by atoms with Gasteiger partial charge in [-0.15, -0.1) is 0 Å². The molecule has 6 nitrogen and oxygen atoms in total. The van der Waals surface area contributed by atoms with Gasteiger partial charge in [-0.2, -0.15) is 18.2 Å². The van der Waals surface area contributed by atoms with Gasteiger partial charge in [-0.1, -0.05) is 12.5 Å². The number of nitrogens with zero attached hydrogens (tertiary/aromatic N) is 5. The van der Waals surface area contributed by atoms with E-state index in [9.17, 15) is 13.2 Å². The van der Waals surface area contributed by atoms with Gasteiger partial charge < -0.3 is 9.64 Å². The third kappa shape index (κ3) is 6.85. The molecular weight excluding hydrogens is 419 g/mol. The van der Waals surface area contributed by atoms with Crippen LogP contribution >= 0.6 is 0 Å². The van der Waals surface area contributed by atoms with Crippen LogP contribution in [0.25, 0.3) is 11.0 Å². The minimum atomic E-state index is -3.67. The smallest absolute Gasteiger partial charge is 0.378 e. The van der Waals surface area contributed by atoms with E-state index in [1.807, 2.05) is 32.0 Å². The minimum Gasteiger partial charge on any atom is -0.378 e. The molecular formula is C23H28F3N5O. The van der Waals surface area contributed by atoms with E-state index < -0.39 is 6.68 Å². The molecule has 32 heavy (non-hydrogen) atoms. The molecule has 2 fully saturated rings. The Morgan fingerprint density at radius 3 is 2.19 bits per heavy atom. The summed E-state index contributed by atoms with van der Waals surface area (Å²) in [7, 11) is 0. The molecule has 3 aromatic heterocycles. The molecule has 0 amide bonds. The Hall–Kier alpha value is -2.81. The van der Waals surface area contributed by atoms with E-state index in [1.54, 1.807) is 6.20 Å². The largest absolute Gasteiger partial charge is 0.379 e. The maximum Gasteiger partial charge on any atom is 0.379 e. The van der Waals surface area contributed by atoms with E-state index >= 15 is 0 Å². The van der Waals surface area contributed by atoms with E-state index in [0.717, 1.165) is 54.7 Å². The number of hydrogen-bond donors (Lipinski definition) is 0. The van der Waals surface area contributed by atoms with Crippen molar-refractivity contribution in [3.8, 4) is 0 Å². The minimum absolute atomic E-state index is 0.583. The number of rotatable bonds is 2. The number of fused-ring (bicyclic) bond motifs is 1. The standard InChI is InChI=1S/C16H20N4O.C6H7N.CHF3/c1-11-5-6-13-14(12-3-2-4-12)18-16(19-15(13)17-11)20-7-9-21-10-8-20;1-6-4-2-3-5-7-6;2-1(3)4/h5-6,12H,2-4,7-10H2,1H3;2-5H,1H3;1H. The first-order valence-corrected chi connectivity index (χ1v) is 10.7. The Morgan fingerprint density at radius 2 is 1.66 bits per heavy atom. The molecule has 0 N–H and O–H groups in total. The highest BCUT2D eigenvalue weighted by atomic mass is 19.4. The summed E-state index contributed by atoms with van der Waals surface area (Å²) >= 11 is 0. The van der Waals surface area contributed by atoms with Crippen LogP contribution in [0.1, 0.15) is 42.3 Å². The number of ether oxygens (including phenoxy) is 1. The molecule has 3 aromatic rings. The summed E-state index contributed by atoms with van der Waals surface area (Å²) < 4.78 is 34.4. The molecule has 2 aliphatic rings. The maximum absolute atomic E-state index is 9.67. The molecule has 0 aromatic carbocycles. The molecule has 4 heterocycles. The molecule has 1 aliphatic heterocycles. The zero-order valence-corrected chi connectivity index (χ0v) is 18.3. The second kappa shape index (κ2) is 11.7. The molecule has 1 saturated heterocycles. The predicted octanol–water partition coefficient (Wildman–Crippen LogP) is 5.01. The molecule has 9 heteroatoms. The van der Waals surface area contributed by atoms with Crippen molar-refractivity contribution in [2.24, 2.45) is 0 Å². The fourth-order valence-corrected chi connectivity index (χ4v) is 3.46. The zero-order valence-electron chi connectivity index (χ0n) is 18.3. The van der Waals surface area contributed by atoms with Gasteiger partial charge in [0.1, 0.15) is 0 Å². The first kappa shape index (κ1) is 23.8. The van der Waals surface area contributed by atoms with Gasteiger partial charge in [-0.3, -0.25) is 4.98 Å². The predicted molar refractivity (Wildman–Crippen MR) is 118 cm³/mol. The lowest BCUT2D eigenvalue weighted by molar-refractivity contribution is 0.00819. The summed E-state index contributed by atoms with van der Waals surface area (Å²) in [4.78, 5) is 20.4. The van der Waals surface area contributed by atoms with Crippen LogP contribution in [0.5, 0.6) is 0 Å². The molecule has 0 atom stereocenters. The first-order chi connectivity index (χ1) is 15.4. The average Bonchev–Trinajstić information content (AvgIpc) is 2.73. The monoisotopic (exact) mass is 447 g/mol. The molecule has 0 bridgehead atoms. The summed E-state index contributed by atoms with van der Waals surface area (Å²) in [6.45, 7) is 3.55. The van der Waals surface area contributed by atoms with Crippen molar-refractivity contribution >= 4 is 17.0 Å². The number of pyridine rings is 2. The lowest BCUT2D eigenvalue weighted by Gasteiger charge is -2.30. The highest BCUT2D eigenvalue weighted by Gasteiger charge is 2.26. The van der Waals surface area contributed by atoms with Crippen LogP contribution < -0.4 is 4.90 Å². The Balaban J connectivity index is 0.000000218. The van der Waals surface area contributed by atoms with E-state index in [2.05, 4.69) is 27.0 Å². The summed E-state index contributed by atoms with van der Waals surface area (Å²) in [5.41, 5.74) is 4.12. The van der Waals surface area contributed by atoms with Crippen molar-refractivity contribution < 1.29 is 17.9 Å². The van der Waals surface area contributed by atoms with Crippen molar-refractivity contribution in [2.75, 3.05) is 31.2 Å². The highest BCUT2D eigenvalue weighted by Crippen LogP contribution is 2.38. The lowest BCUT2D eigenvalue weighted by atomic mass is 9.82. The Labute approximate surface area is 185 Å². The number of halogens is 3. The van der Waals surface area contributed by atoms with Crippen molar-refractivity contribution in [2.45, 2.75) is 45.7 Å². The van der Waals surface area contributed by atoms with Crippen LogP contribution in [0.15, 0.2) is 36.5 Å². The van der Waals surface area contributed by atoms with E-state index in [-0.39, 0.29) is 0 Å². The average molecular weight is 448 g/mol. The van der Waals surface area contributed by atoms with Crippen LogP contribution in [0, 0.1) is 13.8 Å². The lowest BCUT2D eigenvalue weighted by Crippen LogP contribution is -2.37. The van der Waals surface area contributed by atoms with Gasteiger partial charge in [-0.05, 0) is 51.0 Å². The van der Waals surface area contributed by atoms with E-state index in [4.69, 9.17) is 14.7 Å². The van der Waals surface area contributed by atoms with Crippen LogP contribution in [0.4, 0.5) is 19.1 Å². The van der Waals surface area contributed by atoms with Gasteiger partial charge in [0, 0.05) is 42.0 Å². The normalized spacial score (nSPS) is 16.0.